The summed E-state index contributed by atoms with van der Waals surface area (Å²) in [5.74, 6) is 0.800. The molecule has 0 aromatic heterocycles. The van der Waals surface area contributed by atoms with Gasteiger partial charge in [0.15, 0.2) is 0 Å². The monoisotopic (exact) mass is 271 g/mol. The van der Waals surface area contributed by atoms with E-state index in [-0.39, 0.29) is 12.0 Å². The Morgan fingerprint density at radius 1 is 1.47 bits per heavy atom. The second-order valence-corrected chi connectivity index (χ2v) is 5.76. The van der Waals surface area contributed by atoms with E-state index in [1.54, 1.807) is 0 Å². The highest BCUT2D eigenvalue weighted by atomic mass is 16.3. The number of aliphatic hydroxyl groups is 1. The van der Waals surface area contributed by atoms with Crippen molar-refractivity contribution in [2.75, 3.05) is 39.8 Å². The van der Waals surface area contributed by atoms with Crippen LogP contribution in [0.15, 0.2) is 0 Å². The zero-order chi connectivity index (χ0) is 14.3. The van der Waals surface area contributed by atoms with Crippen molar-refractivity contribution in [3.8, 4) is 0 Å². The number of likely N-dealkylation sites (tertiary alicyclic amines) is 1. The van der Waals surface area contributed by atoms with Crippen LogP contribution >= 0.6 is 0 Å². The van der Waals surface area contributed by atoms with Crippen molar-refractivity contribution in [3.63, 3.8) is 0 Å². The molecule has 0 aromatic rings. The Morgan fingerprint density at radius 2 is 2.11 bits per heavy atom. The lowest BCUT2D eigenvalue weighted by Crippen LogP contribution is -2.41. The second kappa shape index (κ2) is 8.51. The molecule has 1 fully saturated rings. The topological polar surface area (TPSA) is 69.8 Å². The Hall–Kier alpha value is -0.650. The van der Waals surface area contributed by atoms with Gasteiger partial charge in [0.1, 0.15) is 0 Å². The third-order valence-corrected chi connectivity index (χ3v) is 3.78. The van der Waals surface area contributed by atoms with E-state index in [0.29, 0.717) is 18.9 Å². The molecule has 1 heterocycles. The van der Waals surface area contributed by atoms with E-state index in [4.69, 9.17) is 5.73 Å². The summed E-state index contributed by atoms with van der Waals surface area (Å²) >= 11 is 0. The van der Waals surface area contributed by atoms with Gasteiger partial charge in [-0.05, 0) is 51.7 Å². The molecule has 0 saturated carbocycles. The highest BCUT2D eigenvalue weighted by molar-refractivity contribution is 5.75. The van der Waals surface area contributed by atoms with Crippen molar-refractivity contribution in [3.05, 3.63) is 0 Å². The molecule has 1 amide bonds. The standard InChI is InChI=1S/C14H29N3O2/c1-12(18)10-17-8-5-13(6-9-17)11-16(2)14(19)4-3-7-15/h12-13,18H,3-11,15H2,1-2H3. The predicted octanol–water partition coefficient (Wildman–Crippen LogP) is 0.277. The van der Waals surface area contributed by atoms with Gasteiger partial charge >= 0.3 is 0 Å². The third-order valence-electron chi connectivity index (χ3n) is 3.78. The van der Waals surface area contributed by atoms with Gasteiger partial charge in [0, 0.05) is 26.6 Å². The van der Waals surface area contributed by atoms with Crippen molar-refractivity contribution in [1.29, 1.82) is 0 Å². The smallest absolute Gasteiger partial charge is 0.222 e. The highest BCUT2D eigenvalue weighted by Gasteiger charge is 2.22. The van der Waals surface area contributed by atoms with E-state index in [9.17, 15) is 9.90 Å². The number of rotatable bonds is 7. The van der Waals surface area contributed by atoms with Crippen LogP contribution in [0.5, 0.6) is 0 Å². The van der Waals surface area contributed by atoms with Gasteiger partial charge in [0.25, 0.3) is 0 Å². The Labute approximate surface area is 116 Å². The van der Waals surface area contributed by atoms with Gasteiger partial charge in [0.05, 0.1) is 6.10 Å². The Morgan fingerprint density at radius 3 is 2.63 bits per heavy atom. The summed E-state index contributed by atoms with van der Waals surface area (Å²) in [6.07, 6.45) is 3.31. The summed E-state index contributed by atoms with van der Waals surface area (Å²) in [4.78, 5) is 16.0. The minimum absolute atomic E-state index is 0.205. The predicted molar refractivity (Wildman–Crippen MR) is 76.8 cm³/mol. The average molecular weight is 271 g/mol. The summed E-state index contributed by atoms with van der Waals surface area (Å²) in [6, 6.07) is 0. The van der Waals surface area contributed by atoms with E-state index in [1.165, 1.54) is 0 Å². The van der Waals surface area contributed by atoms with Gasteiger partial charge in [-0.3, -0.25) is 4.79 Å². The minimum Gasteiger partial charge on any atom is -0.392 e. The van der Waals surface area contributed by atoms with Crippen molar-refractivity contribution in [1.82, 2.24) is 9.80 Å². The number of hydrogen-bond acceptors (Lipinski definition) is 4. The SMILES string of the molecule is CC(O)CN1CCC(CN(C)C(=O)CCCN)CC1. The van der Waals surface area contributed by atoms with Crippen LogP contribution in [0.2, 0.25) is 0 Å². The molecule has 5 heteroatoms. The lowest BCUT2D eigenvalue weighted by molar-refractivity contribution is -0.130. The number of amides is 1. The first-order valence-corrected chi connectivity index (χ1v) is 7.37. The van der Waals surface area contributed by atoms with Crippen LogP contribution in [0.4, 0.5) is 0 Å². The van der Waals surface area contributed by atoms with E-state index in [1.807, 2.05) is 18.9 Å². The summed E-state index contributed by atoms with van der Waals surface area (Å²) in [6.45, 7) is 6.08. The van der Waals surface area contributed by atoms with Gasteiger partial charge in [0.2, 0.25) is 5.91 Å². The highest BCUT2D eigenvalue weighted by Crippen LogP contribution is 2.18. The Kier molecular flexibility index (Phi) is 7.34. The number of nitrogens with two attached hydrogens (primary N) is 1. The van der Waals surface area contributed by atoms with Crippen molar-refractivity contribution < 1.29 is 9.90 Å². The van der Waals surface area contributed by atoms with E-state index >= 15 is 0 Å². The summed E-state index contributed by atoms with van der Waals surface area (Å²) in [5, 5.41) is 9.37. The number of hydrogen-bond donors (Lipinski definition) is 2. The average Bonchev–Trinajstić information content (AvgIpc) is 2.37. The van der Waals surface area contributed by atoms with Gasteiger partial charge in [-0.25, -0.2) is 0 Å². The van der Waals surface area contributed by atoms with Gasteiger partial charge in [-0.2, -0.15) is 0 Å². The first-order valence-electron chi connectivity index (χ1n) is 7.37. The number of carbonyl (C=O) groups is 1. The fraction of sp³-hybridized carbons (Fsp3) is 0.929. The molecule has 3 N–H and O–H groups in total. The van der Waals surface area contributed by atoms with Gasteiger partial charge in [-0.15, -0.1) is 0 Å². The first-order chi connectivity index (χ1) is 9.02. The number of nitrogens with zero attached hydrogens (tertiary/aromatic N) is 2. The van der Waals surface area contributed by atoms with Crippen molar-refractivity contribution >= 4 is 5.91 Å². The van der Waals surface area contributed by atoms with Crippen LogP contribution in [-0.4, -0.2) is 66.7 Å². The Balaban J connectivity index is 2.22. The normalized spacial score (nSPS) is 19.4. The van der Waals surface area contributed by atoms with Gasteiger partial charge in [-0.1, -0.05) is 0 Å². The Bertz CT molecular complexity index is 263. The molecule has 112 valence electrons. The molecule has 0 bridgehead atoms. The number of aliphatic hydroxyl groups excluding tert-OH is 1. The van der Waals surface area contributed by atoms with Crippen LogP contribution in [0.25, 0.3) is 0 Å². The van der Waals surface area contributed by atoms with E-state index in [0.717, 1.165) is 45.4 Å². The van der Waals surface area contributed by atoms with Crippen LogP contribution in [0.3, 0.4) is 0 Å². The third kappa shape index (κ3) is 6.36. The molecule has 0 radical (unpaired) electrons. The molecule has 1 rings (SSSR count). The molecule has 1 aliphatic rings. The first kappa shape index (κ1) is 16.4. The maximum absolute atomic E-state index is 11.8. The minimum atomic E-state index is -0.253. The second-order valence-electron chi connectivity index (χ2n) is 5.76. The number of β-amino-alcohol motifs (C(OH)–C–C–N with tert-alkyl or cyclic N) is 1. The summed E-state index contributed by atoms with van der Waals surface area (Å²) in [7, 11) is 1.89. The van der Waals surface area contributed by atoms with E-state index < -0.39 is 0 Å². The largest absolute Gasteiger partial charge is 0.392 e. The maximum Gasteiger partial charge on any atom is 0.222 e. The molecular weight excluding hydrogens is 242 g/mol. The van der Waals surface area contributed by atoms with E-state index in [2.05, 4.69) is 4.90 Å². The molecular formula is C14H29N3O2. The van der Waals surface area contributed by atoms with Gasteiger partial charge < -0.3 is 20.6 Å². The van der Waals surface area contributed by atoms with Crippen molar-refractivity contribution in [2.24, 2.45) is 11.7 Å². The lowest BCUT2D eigenvalue weighted by Gasteiger charge is -2.34. The molecule has 0 aromatic carbocycles. The maximum atomic E-state index is 11.8. The fourth-order valence-electron chi connectivity index (χ4n) is 2.66. The molecule has 1 unspecified atom stereocenters. The molecule has 0 spiro atoms. The number of carbonyl (C=O) groups excluding carboxylic acids is 1. The summed E-state index contributed by atoms with van der Waals surface area (Å²) < 4.78 is 0. The molecule has 1 aliphatic heterocycles. The molecule has 1 saturated heterocycles. The van der Waals surface area contributed by atoms with Crippen molar-refractivity contribution in [2.45, 2.75) is 38.7 Å². The molecule has 1 atom stereocenters. The van der Waals surface area contributed by atoms with Crippen LogP contribution < -0.4 is 5.73 Å². The summed E-state index contributed by atoms with van der Waals surface area (Å²) in [5.41, 5.74) is 5.42. The quantitative estimate of drug-likeness (QED) is 0.697. The molecule has 19 heavy (non-hydrogen) atoms. The zero-order valence-corrected chi connectivity index (χ0v) is 12.3. The van der Waals surface area contributed by atoms with Crippen LogP contribution in [0, 0.1) is 5.92 Å². The fourth-order valence-corrected chi connectivity index (χ4v) is 2.66. The number of piperidine rings is 1. The lowest BCUT2D eigenvalue weighted by atomic mass is 9.96. The zero-order valence-electron chi connectivity index (χ0n) is 12.3. The van der Waals surface area contributed by atoms with Crippen LogP contribution in [-0.2, 0) is 4.79 Å². The molecule has 0 aliphatic carbocycles. The van der Waals surface area contributed by atoms with Crippen LogP contribution in [0.1, 0.15) is 32.6 Å². The molecule has 5 nitrogen and oxygen atoms in total.